The maximum atomic E-state index is 4.66. The molecule has 1 radical (unpaired) electrons. The number of nitrogens with zero attached hydrogens (tertiary/aromatic N) is 3. The summed E-state index contributed by atoms with van der Waals surface area (Å²) in [6, 6.07) is 18.4. The molecule has 0 aliphatic heterocycles. The van der Waals surface area contributed by atoms with Crippen LogP contribution in [0.1, 0.15) is 28.1 Å². The fourth-order valence-electron chi connectivity index (χ4n) is 4.03. The van der Waals surface area contributed by atoms with Gasteiger partial charge in [-0.15, -0.1) is 29.8 Å². The molecule has 0 fully saturated rings. The van der Waals surface area contributed by atoms with Crippen molar-refractivity contribution in [1.82, 2.24) is 14.1 Å². The van der Waals surface area contributed by atoms with E-state index in [0.717, 1.165) is 17.1 Å². The molecule has 0 saturated heterocycles. The number of imidazole rings is 1. The van der Waals surface area contributed by atoms with Crippen LogP contribution in [0.5, 0.6) is 0 Å². The number of rotatable bonds is 3. The molecule has 0 spiro atoms. The van der Waals surface area contributed by atoms with E-state index in [2.05, 4.69) is 91.2 Å². The van der Waals surface area contributed by atoms with Crippen LogP contribution < -0.4 is 0 Å². The second-order valence-electron chi connectivity index (χ2n) is 7.28. The third-order valence-corrected chi connectivity index (χ3v) is 5.07. The van der Waals surface area contributed by atoms with E-state index in [4.69, 9.17) is 0 Å². The van der Waals surface area contributed by atoms with Crippen molar-refractivity contribution in [3.8, 4) is 22.8 Å². The van der Waals surface area contributed by atoms with E-state index >= 15 is 0 Å². The summed E-state index contributed by atoms with van der Waals surface area (Å²) in [6.07, 6.45) is 3.90. The molecule has 0 bridgehead atoms. The van der Waals surface area contributed by atoms with Crippen LogP contribution in [0, 0.1) is 40.7 Å². The van der Waals surface area contributed by atoms with Gasteiger partial charge in [0.2, 0.25) is 0 Å². The first-order valence-electron chi connectivity index (χ1n) is 9.24. The van der Waals surface area contributed by atoms with E-state index in [1.165, 1.54) is 33.8 Å². The van der Waals surface area contributed by atoms with Gasteiger partial charge in [0.25, 0.3) is 0 Å². The van der Waals surface area contributed by atoms with Crippen LogP contribution in [0.2, 0.25) is 0 Å². The predicted molar refractivity (Wildman–Crippen MR) is 111 cm³/mol. The van der Waals surface area contributed by atoms with Gasteiger partial charge in [-0.2, -0.15) is 0 Å². The first-order valence-corrected chi connectivity index (χ1v) is 9.24. The zero-order chi connectivity index (χ0) is 19.1. The van der Waals surface area contributed by atoms with Crippen molar-refractivity contribution < 1.29 is 20.1 Å². The van der Waals surface area contributed by atoms with Crippen molar-refractivity contribution in [2.45, 2.75) is 34.6 Å². The molecule has 0 amide bonds. The van der Waals surface area contributed by atoms with E-state index in [1.54, 1.807) is 0 Å². The SMILES string of the molecule is Cc1cc(C)c(-n2ccnc2-c2[c-]ccc(-n3c(C)ccc3C)c2)c(C)c1.[Ir]. The van der Waals surface area contributed by atoms with Crippen LogP contribution in [-0.4, -0.2) is 14.1 Å². The maximum Gasteiger partial charge on any atom is 0.0603 e. The molecule has 2 heterocycles. The van der Waals surface area contributed by atoms with Crippen molar-refractivity contribution in [3.63, 3.8) is 0 Å². The van der Waals surface area contributed by atoms with Gasteiger partial charge in [-0.25, -0.2) is 0 Å². The fraction of sp³-hybridized carbons (Fsp3) is 0.208. The third-order valence-electron chi connectivity index (χ3n) is 5.07. The Morgan fingerprint density at radius 3 is 2.14 bits per heavy atom. The molecule has 4 aromatic rings. The van der Waals surface area contributed by atoms with E-state index < -0.39 is 0 Å². The Bertz CT molecular complexity index is 1090. The molecule has 2 aromatic heterocycles. The van der Waals surface area contributed by atoms with Gasteiger partial charge >= 0.3 is 0 Å². The van der Waals surface area contributed by atoms with Crippen molar-refractivity contribution in [2.24, 2.45) is 0 Å². The molecular formula is C24H24IrN3-. The third kappa shape index (κ3) is 3.50. The second kappa shape index (κ2) is 7.90. The van der Waals surface area contributed by atoms with Crippen LogP contribution in [-0.2, 0) is 20.1 Å². The Morgan fingerprint density at radius 2 is 1.50 bits per heavy atom. The Kier molecular flexibility index (Phi) is 5.74. The number of aryl methyl sites for hydroxylation is 5. The molecule has 0 N–H and O–H groups in total. The van der Waals surface area contributed by atoms with Gasteiger partial charge in [-0.3, -0.25) is 4.98 Å². The van der Waals surface area contributed by atoms with Crippen LogP contribution in [0.4, 0.5) is 0 Å². The first-order chi connectivity index (χ1) is 13.0. The number of hydrogen-bond acceptors (Lipinski definition) is 1. The quantitative estimate of drug-likeness (QED) is 0.304. The van der Waals surface area contributed by atoms with Gasteiger partial charge in [0.1, 0.15) is 0 Å². The summed E-state index contributed by atoms with van der Waals surface area (Å²) in [5, 5.41) is 0. The van der Waals surface area contributed by atoms with Crippen molar-refractivity contribution in [1.29, 1.82) is 0 Å². The molecule has 0 atom stereocenters. The van der Waals surface area contributed by atoms with E-state index in [1.807, 2.05) is 18.5 Å². The summed E-state index contributed by atoms with van der Waals surface area (Å²) in [7, 11) is 0. The van der Waals surface area contributed by atoms with Gasteiger partial charge in [0.05, 0.1) is 5.82 Å². The maximum absolute atomic E-state index is 4.66. The summed E-state index contributed by atoms with van der Waals surface area (Å²) >= 11 is 0. The Balaban J connectivity index is 0.00000225. The minimum absolute atomic E-state index is 0. The molecule has 0 saturated carbocycles. The second-order valence-corrected chi connectivity index (χ2v) is 7.28. The van der Waals surface area contributed by atoms with Gasteiger partial charge in [0, 0.05) is 49.6 Å². The standard InChI is InChI=1S/C24H24N3.Ir/c1-16-13-17(2)23(18(3)14-16)26-12-11-25-24(26)21-7-6-8-22(15-21)27-19(4)9-10-20(27)5;/h6,8-15H,1-5H3;/q-1;. The molecule has 145 valence electrons. The molecule has 3 nitrogen and oxygen atoms in total. The van der Waals surface area contributed by atoms with Gasteiger partial charge < -0.3 is 9.13 Å². The largest absolute Gasteiger partial charge is 0.340 e. The topological polar surface area (TPSA) is 22.8 Å². The molecule has 4 rings (SSSR count). The summed E-state index contributed by atoms with van der Waals surface area (Å²) < 4.78 is 4.43. The smallest absolute Gasteiger partial charge is 0.0603 e. The van der Waals surface area contributed by atoms with Gasteiger partial charge in [-0.1, -0.05) is 17.7 Å². The summed E-state index contributed by atoms with van der Waals surface area (Å²) in [4.78, 5) is 4.66. The molecule has 4 heteroatoms. The molecule has 28 heavy (non-hydrogen) atoms. The van der Waals surface area contributed by atoms with Gasteiger partial charge in [0.15, 0.2) is 0 Å². The van der Waals surface area contributed by atoms with Gasteiger partial charge in [-0.05, 0) is 63.6 Å². The molecule has 0 aliphatic carbocycles. The Hall–Kier alpha value is -2.42. The number of aromatic nitrogens is 3. The van der Waals surface area contributed by atoms with Crippen LogP contribution in [0.15, 0.2) is 54.9 Å². The average molecular weight is 547 g/mol. The van der Waals surface area contributed by atoms with Crippen molar-refractivity contribution in [3.05, 3.63) is 89.0 Å². The average Bonchev–Trinajstić information content (AvgIpc) is 3.21. The van der Waals surface area contributed by atoms with Crippen LogP contribution in [0.25, 0.3) is 22.8 Å². The molecule has 0 aliphatic rings. The minimum atomic E-state index is 0. The summed E-state index contributed by atoms with van der Waals surface area (Å²) in [5.74, 6) is 0.911. The number of benzene rings is 2. The zero-order valence-corrected chi connectivity index (χ0v) is 19.3. The molecular weight excluding hydrogens is 523 g/mol. The summed E-state index contributed by atoms with van der Waals surface area (Å²) in [5.41, 5.74) is 9.54. The number of hydrogen-bond donors (Lipinski definition) is 0. The van der Waals surface area contributed by atoms with Crippen LogP contribution in [0.3, 0.4) is 0 Å². The van der Waals surface area contributed by atoms with Crippen LogP contribution >= 0.6 is 0 Å². The Labute approximate surface area is 180 Å². The minimum Gasteiger partial charge on any atom is -0.340 e. The Morgan fingerprint density at radius 1 is 0.857 bits per heavy atom. The van der Waals surface area contributed by atoms with E-state index in [0.29, 0.717) is 0 Å². The van der Waals surface area contributed by atoms with E-state index in [-0.39, 0.29) is 20.1 Å². The predicted octanol–water partition coefficient (Wildman–Crippen LogP) is 5.67. The normalized spacial score (nSPS) is 10.8. The van der Waals surface area contributed by atoms with E-state index in [9.17, 15) is 0 Å². The summed E-state index contributed by atoms with van der Waals surface area (Å²) in [6.45, 7) is 10.7. The zero-order valence-electron chi connectivity index (χ0n) is 16.9. The first kappa shape index (κ1) is 20.3. The molecule has 0 unspecified atom stereocenters. The monoisotopic (exact) mass is 547 g/mol. The fourth-order valence-corrected chi connectivity index (χ4v) is 4.03. The molecule has 2 aromatic carbocycles. The van der Waals surface area contributed by atoms with Crippen molar-refractivity contribution in [2.75, 3.05) is 0 Å². The van der Waals surface area contributed by atoms with Crippen molar-refractivity contribution >= 4 is 0 Å².